The third-order valence-electron chi connectivity index (χ3n) is 5.95. The van der Waals surface area contributed by atoms with Gasteiger partial charge in [0.2, 0.25) is 11.8 Å². The highest BCUT2D eigenvalue weighted by atomic mass is 16.2. The van der Waals surface area contributed by atoms with Gasteiger partial charge in [-0.25, -0.2) is 0 Å². The molecule has 1 aromatic carbocycles. The highest BCUT2D eigenvalue weighted by molar-refractivity contribution is 5.97. The quantitative estimate of drug-likeness (QED) is 0.900. The smallest absolute Gasteiger partial charge is 0.248 e. The van der Waals surface area contributed by atoms with E-state index in [9.17, 15) is 9.59 Å². The maximum absolute atomic E-state index is 12.9. The van der Waals surface area contributed by atoms with E-state index in [1.54, 1.807) is 24.3 Å². The molecule has 4 aliphatic rings. The van der Waals surface area contributed by atoms with Gasteiger partial charge >= 0.3 is 0 Å². The van der Waals surface area contributed by atoms with Crippen LogP contribution in [0.1, 0.15) is 48.9 Å². The maximum Gasteiger partial charge on any atom is 0.248 e. The Hall–Kier alpha value is -1.84. The molecule has 0 spiro atoms. The summed E-state index contributed by atoms with van der Waals surface area (Å²) < 4.78 is 0. The average Bonchev–Trinajstić information content (AvgIpc) is 2.46. The fraction of sp³-hybridized carbons (Fsp3) is 0.556. The van der Waals surface area contributed by atoms with Crippen LogP contribution in [0.15, 0.2) is 24.3 Å². The Morgan fingerprint density at radius 3 is 1.91 bits per heavy atom. The molecule has 0 aromatic heterocycles. The van der Waals surface area contributed by atoms with Crippen molar-refractivity contribution in [2.75, 3.05) is 5.32 Å². The predicted octanol–water partition coefficient (Wildman–Crippen LogP) is 2.94. The molecule has 5 rings (SSSR count). The summed E-state index contributed by atoms with van der Waals surface area (Å²) in [4.78, 5) is 24.0. The zero-order valence-corrected chi connectivity index (χ0v) is 12.7. The van der Waals surface area contributed by atoms with E-state index in [2.05, 4.69) is 5.32 Å². The Bertz CT molecular complexity index is 585. The van der Waals surface area contributed by atoms with Gasteiger partial charge in [0, 0.05) is 11.3 Å². The maximum atomic E-state index is 12.9. The number of hydrogen-bond donors (Lipinski definition) is 2. The van der Waals surface area contributed by atoms with Crippen LogP contribution in [0, 0.1) is 23.2 Å². The zero-order chi connectivity index (χ0) is 15.3. The van der Waals surface area contributed by atoms with Gasteiger partial charge in [-0.1, -0.05) is 0 Å². The van der Waals surface area contributed by atoms with Crippen LogP contribution in [-0.4, -0.2) is 11.8 Å². The molecule has 0 aliphatic heterocycles. The van der Waals surface area contributed by atoms with Gasteiger partial charge in [-0.3, -0.25) is 9.59 Å². The molecule has 4 heteroatoms. The molecule has 0 unspecified atom stereocenters. The molecule has 0 heterocycles. The van der Waals surface area contributed by atoms with Crippen LogP contribution in [0.3, 0.4) is 0 Å². The largest absolute Gasteiger partial charge is 0.366 e. The van der Waals surface area contributed by atoms with Gasteiger partial charge in [-0.15, -0.1) is 0 Å². The minimum atomic E-state index is -0.445. The van der Waals surface area contributed by atoms with Crippen molar-refractivity contribution in [2.45, 2.75) is 38.5 Å². The van der Waals surface area contributed by atoms with Crippen molar-refractivity contribution < 1.29 is 9.59 Å². The van der Waals surface area contributed by atoms with Crippen LogP contribution in [-0.2, 0) is 4.79 Å². The first-order valence-electron chi connectivity index (χ1n) is 8.25. The zero-order valence-electron chi connectivity index (χ0n) is 12.7. The average molecular weight is 298 g/mol. The van der Waals surface area contributed by atoms with Gasteiger partial charge in [0.15, 0.2) is 0 Å². The first-order chi connectivity index (χ1) is 10.5. The lowest BCUT2D eigenvalue weighted by Gasteiger charge is -2.55. The Labute approximate surface area is 130 Å². The highest BCUT2D eigenvalue weighted by Gasteiger charge is 2.54. The minimum Gasteiger partial charge on any atom is -0.366 e. The lowest BCUT2D eigenvalue weighted by molar-refractivity contribution is -0.140. The highest BCUT2D eigenvalue weighted by Crippen LogP contribution is 2.60. The molecule has 0 saturated heterocycles. The molecular formula is C18H22N2O2. The summed E-state index contributed by atoms with van der Waals surface area (Å²) in [5, 5.41) is 3.07. The molecule has 4 nitrogen and oxygen atoms in total. The summed E-state index contributed by atoms with van der Waals surface area (Å²) >= 11 is 0. The summed E-state index contributed by atoms with van der Waals surface area (Å²) in [5.41, 5.74) is 6.32. The second-order valence-electron chi connectivity index (χ2n) is 7.59. The van der Waals surface area contributed by atoms with Crippen molar-refractivity contribution in [1.29, 1.82) is 0 Å². The summed E-state index contributed by atoms with van der Waals surface area (Å²) in [5.74, 6) is 2.01. The topological polar surface area (TPSA) is 72.2 Å². The minimum absolute atomic E-state index is 0.142. The van der Waals surface area contributed by atoms with E-state index in [0.29, 0.717) is 5.56 Å². The van der Waals surface area contributed by atoms with Crippen LogP contribution in [0.5, 0.6) is 0 Å². The van der Waals surface area contributed by atoms with Crippen molar-refractivity contribution in [3.05, 3.63) is 29.8 Å². The van der Waals surface area contributed by atoms with Gasteiger partial charge in [-0.05, 0) is 80.5 Å². The summed E-state index contributed by atoms with van der Waals surface area (Å²) in [6, 6.07) is 6.85. The Kier molecular flexibility index (Phi) is 3.03. The van der Waals surface area contributed by atoms with Crippen molar-refractivity contribution in [3.63, 3.8) is 0 Å². The van der Waals surface area contributed by atoms with Gasteiger partial charge in [0.05, 0.1) is 5.41 Å². The summed E-state index contributed by atoms with van der Waals surface area (Å²) in [6.07, 6.45) is 7.18. The monoisotopic (exact) mass is 298 g/mol. The molecular weight excluding hydrogens is 276 g/mol. The Balaban J connectivity index is 1.51. The number of anilines is 1. The summed E-state index contributed by atoms with van der Waals surface area (Å²) in [6.45, 7) is 0. The van der Waals surface area contributed by atoms with Crippen LogP contribution < -0.4 is 11.1 Å². The molecule has 22 heavy (non-hydrogen) atoms. The Morgan fingerprint density at radius 2 is 1.45 bits per heavy atom. The molecule has 116 valence electrons. The third kappa shape index (κ3) is 2.21. The normalized spacial score (nSPS) is 35.4. The van der Waals surface area contributed by atoms with E-state index in [1.807, 2.05) is 0 Å². The number of benzene rings is 1. The van der Waals surface area contributed by atoms with Gasteiger partial charge < -0.3 is 11.1 Å². The molecule has 4 fully saturated rings. The molecule has 3 N–H and O–H groups in total. The number of carbonyl (C=O) groups excluding carboxylic acids is 2. The predicted molar refractivity (Wildman–Crippen MR) is 84.2 cm³/mol. The van der Waals surface area contributed by atoms with Gasteiger partial charge in [-0.2, -0.15) is 0 Å². The molecule has 2 amide bonds. The molecule has 0 radical (unpaired) electrons. The molecule has 4 saturated carbocycles. The second kappa shape index (κ2) is 4.83. The van der Waals surface area contributed by atoms with Gasteiger partial charge in [0.25, 0.3) is 0 Å². The van der Waals surface area contributed by atoms with Crippen molar-refractivity contribution in [1.82, 2.24) is 0 Å². The number of nitrogens with one attached hydrogen (secondary N) is 1. The number of hydrogen-bond acceptors (Lipinski definition) is 2. The lowest BCUT2D eigenvalue weighted by Crippen LogP contribution is -2.51. The second-order valence-corrected chi connectivity index (χ2v) is 7.59. The van der Waals surface area contributed by atoms with Crippen LogP contribution >= 0.6 is 0 Å². The van der Waals surface area contributed by atoms with E-state index < -0.39 is 5.91 Å². The number of amides is 2. The van der Waals surface area contributed by atoms with Crippen LogP contribution in [0.25, 0.3) is 0 Å². The van der Waals surface area contributed by atoms with Crippen molar-refractivity contribution >= 4 is 17.5 Å². The van der Waals surface area contributed by atoms with E-state index in [0.717, 1.165) is 42.7 Å². The molecule has 4 bridgehead atoms. The summed E-state index contributed by atoms with van der Waals surface area (Å²) in [7, 11) is 0. The Morgan fingerprint density at radius 1 is 0.955 bits per heavy atom. The molecule has 1 aromatic rings. The van der Waals surface area contributed by atoms with E-state index in [4.69, 9.17) is 5.73 Å². The van der Waals surface area contributed by atoms with Crippen molar-refractivity contribution in [3.8, 4) is 0 Å². The third-order valence-corrected chi connectivity index (χ3v) is 5.95. The lowest BCUT2D eigenvalue weighted by atomic mass is 9.49. The molecule has 4 aliphatic carbocycles. The molecule has 0 atom stereocenters. The number of carbonyl (C=O) groups is 2. The van der Waals surface area contributed by atoms with E-state index in [-0.39, 0.29) is 11.3 Å². The first kappa shape index (κ1) is 13.8. The SMILES string of the molecule is NC(=O)c1ccc(NC(=O)C23CC4CC(CC(C4)C2)C3)cc1. The number of rotatable bonds is 3. The van der Waals surface area contributed by atoms with Crippen LogP contribution in [0.2, 0.25) is 0 Å². The fourth-order valence-electron chi connectivity index (χ4n) is 5.37. The first-order valence-corrected chi connectivity index (χ1v) is 8.25. The van der Waals surface area contributed by atoms with E-state index in [1.165, 1.54) is 19.3 Å². The van der Waals surface area contributed by atoms with Crippen molar-refractivity contribution in [2.24, 2.45) is 28.9 Å². The number of nitrogens with two attached hydrogens (primary N) is 1. The fourth-order valence-corrected chi connectivity index (χ4v) is 5.37. The van der Waals surface area contributed by atoms with Gasteiger partial charge in [0.1, 0.15) is 0 Å². The number of primary amides is 1. The standard InChI is InChI=1S/C18H22N2O2/c19-16(21)14-1-3-15(4-2-14)20-17(22)18-8-11-5-12(9-18)7-13(6-11)10-18/h1-4,11-13H,5-10H2,(H2,19,21)(H,20,22). The van der Waals surface area contributed by atoms with Crippen LogP contribution in [0.4, 0.5) is 5.69 Å². The van der Waals surface area contributed by atoms with E-state index >= 15 is 0 Å².